The molecule has 1 aromatic rings. The Kier molecular flexibility index (Phi) is 6.17. The summed E-state index contributed by atoms with van der Waals surface area (Å²) >= 11 is 0. The van der Waals surface area contributed by atoms with Gasteiger partial charge in [0, 0.05) is 25.1 Å². The summed E-state index contributed by atoms with van der Waals surface area (Å²) in [7, 11) is 0. The fourth-order valence-electron chi connectivity index (χ4n) is 9.37. The zero-order valence-corrected chi connectivity index (χ0v) is 23.2. The molecule has 5 nitrogen and oxygen atoms in total. The lowest BCUT2D eigenvalue weighted by molar-refractivity contribution is -0.137. The van der Waals surface area contributed by atoms with Crippen LogP contribution in [0.15, 0.2) is 17.3 Å². The van der Waals surface area contributed by atoms with Crippen molar-refractivity contribution in [1.82, 2.24) is 15.1 Å². The highest BCUT2D eigenvalue weighted by atomic mass is 16.5. The van der Waals surface area contributed by atoms with Crippen LogP contribution in [0.5, 0.6) is 0 Å². The number of fused-ring (bicyclic) bond motifs is 4. The van der Waals surface area contributed by atoms with Crippen LogP contribution in [0.4, 0.5) is 0 Å². The molecule has 5 heteroatoms. The van der Waals surface area contributed by atoms with Gasteiger partial charge >= 0.3 is 0 Å². The molecule has 0 aromatic carbocycles. The Bertz CT molecular complexity index is 1040. The van der Waals surface area contributed by atoms with Gasteiger partial charge in [0.1, 0.15) is 0 Å². The van der Waals surface area contributed by atoms with Gasteiger partial charge < -0.3 is 9.64 Å². The van der Waals surface area contributed by atoms with Gasteiger partial charge in [0.05, 0.1) is 23.9 Å². The van der Waals surface area contributed by atoms with Crippen molar-refractivity contribution in [2.75, 3.05) is 6.54 Å². The molecule has 8 atom stereocenters. The summed E-state index contributed by atoms with van der Waals surface area (Å²) in [5, 5.41) is 7.67. The van der Waals surface area contributed by atoms with Crippen molar-refractivity contribution in [2.45, 2.75) is 123 Å². The van der Waals surface area contributed by atoms with E-state index in [0.29, 0.717) is 23.2 Å². The lowest BCUT2D eigenvalue weighted by Crippen LogP contribution is -2.53. The van der Waals surface area contributed by atoms with Gasteiger partial charge in [-0.15, -0.1) is 0 Å². The topological polar surface area (TPSA) is 58.2 Å². The number of nitrogens with zero attached hydrogens (tertiary/aromatic N) is 2. The van der Waals surface area contributed by atoms with Gasteiger partial charge in [0.25, 0.3) is 0 Å². The van der Waals surface area contributed by atoms with Crippen molar-refractivity contribution >= 4 is 5.91 Å². The van der Waals surface area contributed by atoms with E-state index in [2.05, 4.69) is 49.0 Å². The van der Waals surface area contributed by atoms with E-state index in [0.717, 1.165) is 31.7 Å². The molecule has 3 aliphatic carbocycles. The molecule has 3 heterocycles. The molecule has 1 amide bonds. The summed E-state index contributed by atoms with van der Waals surface area (Å²) < 4.78 is 7.10. The van der Waals surface area contributed by atoms with E-state index in [1.165, 1.54) is 62.6 Å². The minimum absolute atomic E-state index is 0.107. The molecular weight excluding hydrogens is 446 g/mol. The fourth-order valence-corrected chi connectivity index (χ4v) is 9.37. The molecular formula is C31H47N3O2. The molecule has 5 aliphatic rings. The third-order valence-corrected chi connectivity index (χ3v) is 11.4. The first-order valence-electron chi connectivity index (χ1n) is 14.8. The Labute approximate surface area is 217 Å². The van der Waals surface area contributed by atoms with Crippen LogP contribution in [-0.4, -0.2) is 45.3 Å². The third kappa shape index (κ3) is 3.99. The Hall–Kier alpha value is -1.62. The normalized spacial score (nSPS) is 43.0. The number of nitrogens with one attached hydrogen (secondary N) is 1. The number of hydrogen-bond donors (Lipinski definition) is 1. The standard InChI is InChI=1S/C31H47N3O2/c1-19-13-28-29(34(18-19)22(4)35)21(3)31(36-28)12-9-23-7-6-8-25-14-27-24(17-32-33-27)16-30(25,5)11-10-26(23)20(2)15-31/h17,19,21,23,25,28-29H,6-16,18H2,1-5H3,(H,32,33). The summed E-state index contributed by atoms with van der Waals surface area (Å²) in [6, 6.07) is 0.247. The zero-order chi connectivity index (χ0) is 25.2. The second-order valence-corrected chi connectivity index (χ2v) is 13.8. The fraction of sp³-hybridized carbons (Fsp3) is 0.806. The number of aromatic amines is 1. The maximum Gasteiger partial charge on any atom is 0.219 e. The van der Waals surface area contributed by atoms with Crippen molar-refractivity contribution < 1.29 is 9.53 Å². The van der Waals surface area contributed by atoms with Gasteiger partial charge in [-0.3, -0.25) is 9.89 Å². The smallest absolute Gasteiger partial charge is 0.219 e. The number of piperidine rings is 1. The molecule has 8 unspecified atom stereocenters. The van der Waals surface area contributed by atoms with Crippen LogP contribution < -0.4 is 0 Å². The van der Waals surface area contributed by atoms with E-state index in [1.54, 1.807) is 18.1 Å². The van der Waals surface area contributed by atoms with E-state index in [-0.39, 0.29) is 23.7 Å². The molecule has 198 valence electrons. The number of likely N-dealkylation sites (tertiary alicyclic amines) is 1. The molecule has 6 rings (SSSR count). The third-order valence-electron chi connectivity index (χ3n) is 11.4. The Morgan fingerprint density at radius 2 is 2.03 bits per heavy atom. The number of amides is 1. The molecule has 1 N–H and O–H groups in total. The van der Waals surface area contributed by atoms with Crippen LogP contribution >= 0.6 is 0 Å². The number of carbonyl (C=O) groups excluding carboxylic acids is 1. The second-order valence-electron chi connectivity index (χ2n) is 13.8. The molecule has 1 spiro atoms. The number of carbonyl (C=O) groups is 1. The van der Waals surface area contributed by atoms with E-state index in [9.17, 15) is 4.79 Å². The molecule has 3 fully saturated rings. The summed E-state index contributed by atoms with van der Waals surface area (Å²) in [4.78, 5) is 14.8. The van der Waals surface area contributed by atoms with E-state index in [4.69, 9.17) is 4.74 Å². The van der Waals surface area contributed by atoms with Crippen molar-refractivity contribution in [2.24, 2.45) is 29.1 Å². The highest BCUT2D eigenvalue weighted by Crippen LogP contribution is 2.54. The van der Waals surface area contributed by atoms with E-state index in [1.807, 2.05) is 0 Å². The predicted molar refractivity (Wildman–Crippen MR) is 142 cm³/mol. The first-order chi connectivity index (χ1) is 17.2. The summed E-state index contributed by atoms with van der Waals surface area (Å²) in [5.74, 6) is 2.60. The molecule has 2 aliphatic heterocycles. The van der Waals surface area contributed by atoms with Crippen LogP contribution in [-0.2, 0) is 22.4 Å². The van der Waals surface area contributed by atoms with Crippen LogP contribution in [0, 0.1) is 29.1 Å². The maximum absolute atomic E-state index is 12.6. The van der Waals surface area contributed by atoms with Gasteiger partial charge in [0.15, 0.2) is 0 Å². The number of H-pyrrole nitrogens is 1. The molecule has 1 aromatic heterocycles. The summed E-state index contributed by atoms with van der Waals surface area (Å²) in [6.45, 7) is 12.3. The van der Waals surface area contributed by atoms with Crippen LogP contribution in [0.3, 0.4) is 0 Å². The number of aromatic nitrogens is 2. The molecule has 36 heavy (non-hydrogen) atoms. The first kappa shape index (κ1) is 24.7. The number of hydrogen-bond acceptors (Lipinski definition) is 3. The lowest BCUT2D eigenvalue weighted by Gasteiger charge is -2.41. The Balaban J connectivity index is 1.27. The Morgan fingerprint density at radius 1 is 1.19 bits per heavy atom. The Morgan fingerprint density at radius 3 is 2.83 bits per heavy atom. The first-order valence-corrected chi connectivity index (χ1v) is 14.8. The van der Waals surface area contributed by atoms with Gasteiger partial charge in [-0.2, -0.15) is 5.10 Å². The molecule has 2 saturated heterocycles. The minimum atomic E-state index is -0.107. The number of rotatable bonds is 0. The summed E-state index contributed by atoms with van der Waals surface area (Å²) in [6.07, 6.45) is 15.7. The lowest BCUT2D eigenvalue weighted by atomic mass is 9.63. The highest BCUT2D eigenvalue weighted by molar-refractivity contribution is 5.74. The quantitative estimate of drug-likeness (QED) is 0.435. The van der Waals surface area contributed by atoms with Crippen LogP contribution in [0.2, 0.25) is 0 Å². The monoisotopic (exact) mass is 493 g/mol. The maximum atomic E-state index is 12.6. The predicted octanol–water partition coefficient (Wildman–Crippen LogP) is 6.24. The van der Waals surface area contributed by atoms with Crippen molar-refractivity contribution in [3.8, 4) is 0 Å². The second kappa shape index (κ2) is 8.99. The van der Waals surface area contributed by atoms with Gasteiger partial charge in [-0.05, 0) is 99.9 Å². The average Bonchev–Trinajstić information content (AvgIpc) is 3.34. The van der Waals surface area contributed by atoms with Gasteiger partial charge in [-0.25, -0.2) is 0 Å². The largest absolute Gasteiger partial charge is 0.369 e. The highest BCUT2D eigenvalue weighted by Gasteiger charge is 2.57. The van der Waals surface area contributed by atoms with Crippen LogP contribution in [0.1, 0.15) is 104 Å². The van der Waals surface area contributed by atoms with E-state index < -0.39 is 0 Å². The summed E-state index contributed by atoms with van der Waals surface area (Å²) in [5.41, 5.74) is 6.47. The van der Waals surface area contributed by atoms with Crippen molar-refractivity contribution in [3.05, 3.63) is 28.6 Å². The number of ether oxygens (including phenoxy) is 1. The van der Waals surface area contributed by atoms with Crippen molar-refractivity contribution in [3.63, 3.8) is 0 Å². The molecule has 0 radical (unpaired) electrons. The van der Waals surface area contributed by atoms with Crippen LogP contribution in [0.25, 0.3) is 0 Å². The minimum Gasteiger partial charge on any atom is -0.369 e. The van der Waals surface area contributed by atoms with E-state index >= 15 is 0 Å². The zero-order valence-electron chi connectivity index (χ0n) is 23.2. The van der Waals surface area contributed by atoms with Crippen molar-refractivity contribution in [1.29, 1.82) is 0 Å². The SMILES string of the molecule is CC(=O)N1CC(C)CC2OC3(CCC4CCCC5Cc6[nH]ncc6CC5(C)CCC4=C(C)C3)C(C)C21. The van der Waals surface area contributed by atoms with Gasteiger partial charge in [0.2, 0.25) is 5.91 Å². The molecule has 0 bridgehead atoms. The number of allylic oxidation sites excluding steroid dienone is 1. The molecule has 1 saturated carbocycles. The van der Waals surface area contributed by atoms with Gasteiger partial charge in [-0.1, -0.05) is 38.3 Å². The average molecular weight is 494 g/mol.